The van der Waals surface area contributed by atoms with Crippen molar-refractivity contribution in [2.24, 2.45) is 5.92 Å². The van der Waals surface area contributed by atoms with Gasteiger partial charge in [0.05, 0.1) is 17.6 Å². The monoisotopic (exact) mass is 369 g/mol. The maximum Gasteiger partial charge on any atom is 0.319 e. The first-order valence-electron chi connectivity index (χ1n) is 7.21. The summed E-state index contributed by atoms with van der Waals surface area (Å²) < 4.78 is 9.92. The fourth-order valence-electron chi connectivity index (χ4n) is 2.42. The number of hydrogen-bond acceptors (Lipinski definition) is 6. The van der Waals surface area contributed by atoms with E-state index in [9.17, 15) is 19.7 Å². The van der Waals surface area contributed by atoms with Crippen LogP contribution >= 0.6 is 11.6 Å². The molecule has 1 saturated heterocycles. The van der Waals surface area contributed by atoms with Crippen LogP contribution in [0.5, 0.6) is 0 Å². The van der Waals surface area contributed by atoms with Gasteiger partial charge in [0.2, 0.25) is 0 Å². The summed E-state index contributed by atoms with van der Waals surface area (Å²) in [5.74, 6) is -1.60. The Balaban J connectivity index is 2.35. The zero-order chi connectivity index (χ0) is 18.6. The Bertz CT molecular complexity index is 723. The van der Waals surface area contributed by atoms with Gasteiger partial charge in [0.15, 0.2) is 0 Å². The molecule has 0 unspecified atom stereocenters. The third-order valence-corrected chi connectivity index (χ3v) is 3.90. The van der Waals surface area contributed by atoms with Crippen molar-refractivity contribution in [1.82, 2.24) is 10.6 Å². The zero-order valence-electron chi connectivity index (χ0n) is 13.3. The molecule has 2 amide bonds. The average molecular weight is 370 g/mol. The number of ether oxygens (including phenoxy) is 2. The van der Waals surface area contributed by atoms with Gasteiger partial charge in [-0.2, -0.15) is 0 Å². The highest BCUT2D eigenvalue weighted by Gasteiger charge is 2.39. The van der Waals surface area contributed by atoms with E-state index in [-0.39, 0.29) is 29.6 Å². The lowest BCUT2D eigenvalue weighted by atomic mass is 9.89. The van der Waals surface area contributed by atoms with Crippen LogP contribution in [0.1, 0.15) is 11.6 Å². The molecule has 1 aliphatic heterocycles. The number of methoxy groups -OCH3 is 1. The third kappa shape index (κ3) is 4.25. The number of carbonyl (C=O) groups excluding carboxylic acids is 2. The van der Waals surface area contributed by atoms with Crippen molar-refractivity contribution in [3.8, 4) is 0 Å². The summed E-state index contributed by atoms with van der Waals surface area (Å²) >= 11 is 5.81. The molecule has 9 nitrogen and oxygen atoms in total. The molecule has 1 aromatic rings. The predicted octanol–water partition coefficient (Wildman–Crippen LogP) is 1.92. The summed E-state index contributed by atoms with van der Waals surface area (Å²) in [6, 6.07) is 2.58. The maximum absolute atomic E-state index is 12.4. The zero-order valence-corrected chi connectivity index (χ0v) is 14.0. The first kappa shape index (κ1) is 18.7. The summed E-state index contributed by atoms with van der Waals surface area (Å²) in [7, 11) is 1.46. The Hall–Kier alpha value is -2.65. The fourth-order valence-corrected chi connectivity index (χ4v) is 2.60. The molecule has 134 valence electrons. The van der Waals surface area contributed by atoms with E-state index >= 15 is 0 Å². The normalized spacial score (nSPS) is 19.8. The molecule has 2 atom stereocenters. The van der Waals surface area contributed by atoms with Crippen LogP contribution in [0.2, 0.25) is 5.02 Å². The average Bonchev–Trinajstić information content (AvgIpc) is 2.54. The van der Waals surface area contributed by atoms with Crippen LogP contribution in [-0.2, 0) is 14.3 Å². The van der Waals surface area contributed by atoms with Crippen LogP contribution in [0.3, 0.4) is 0 Å². The van der Waals surface area contributed by atoms with Crippen molar-refractivity contribution >= 4 is 29.3 Å². The number of nitrogens with zero attached hydrogens (tertiary/aromatic N) is 1. The van der Waals surface area contributed by atoms with Gasteiger partial charge in [0, 0.05) is 18.9 Å². The number of benzene rings is 1. The number of halogens is 1. The molecular weight excluding hydrogens is 354 g/mol. The van der Waals surface area contributed by atoms with E-state index in [1.54, 1.807) is 0 Å². The molecule has 0 bridgehead atoms. The SMILES string of the molecule is C=C1NC(=O)N[C@@H](c2ccc(Cl)c([N+](=O)[O-])c2)[C@@H]1C(=O)OCCOC. The third-order valence-electron chi connectivity index (χ3n) is 3.58. The second-order valence-corrected chi connectivity index (χ2v) is 5.61. The van der Waals surface area contributed by atoms with Crippen molar-refractivity contribution < 1.29 is 24.0 Å². The molecule has 1 aromatic carbocycles. The number of urea groups is 1. The lowest BCUT2D eigenvalue weighted by Crippen LogP contribution is -2.51. The van der Waals surface area contributed by atoms with Crippen LogP contribution in [0, 0.1) is 16.0 Å². The Morgan fingerprint density at radius 1 is 1.44 bits per heavy atom. The Kier molecular flexibility index (Phi) is 5.94. The van der Waals surface area contributed by atoms with Gasteiger partial charge in [0.1, 0.15) is 17.5 Å². The fraction of sp³-hybridized carbons (Fsp3) is 0.333. The highest BCUT2D eigenvalue weighted by molar-refractivity contribution is 6.32. The number of nitro groups is 1. The van der Waals surface area contributed by atoms with Crippen LogP contribution < -0.4 is 10.6 Å². The number of amides is 2. The van der Waals surface area contributed by atoms with E-state index in [2.05, 4.69) is 17.2 Å². The van der Waals surface area contributed by atoms with Gasteiger partial charge in [-0.3, -0.25) is 14.9 Å². The molecule has 0 aliphatic carbocycles. The van der Waals surface area contributed by atoms with Crippen molar-refractivity contribution in [3.63, 3.8) is 0 Å². The number of carbonyl (C=O) groups is 2. The summed E-state index contributed by atoms with van der Waals surface area (Å²) in [6.45, 7) is 3.92. The molecule has 0 radical (unpaired) electrons. The van der Waals surface area contributed by atoms with Crippen molar-refractivity contribution in [2.75, 3.05) is 20.3 Å². The molecular formula is C15H16ClN3O6. The van der Waals surface area contributed by atoms with Gasteiger partial charge < -0.3 is 20.1 Å². The number of hydrogen-bond donors (Lipinski definition) is 2. The van der Waals surface area contributed by atoms with Gasteiger partial charge in [0.25, 0.3) is 5.69 Å². The molecule has 1 fully saturated rings. The summed E-state index contributed by atoms with van der Waals surface area (Å²) in [6.07, 6.45) is 0. The van der Waals surface area contributed by atoms with E-state index in [1.165, 1.54) is 25.3 Å². The first-order chi connectivity index (χ1) is 11.8. The summed E-state index contributed by atoms with van der Waals surface area (Å²) in [5, 5.41) is 16.0. The molecule has 0 saturated carbocycles. The lowest BCUT2D eigenvalue weighted by Gasteiger charge is -2.33. The molecule has 1 aliphatic rings. The number of esters is 1. The molecule has 10 heteroatoms. The molecule has 0 spiro atoms. The Morgan fingerprint density at radius 3 is 2.80 bits per heavy atom. The molecule has 1 heterocycles. The second-order valence-electron chi connectivity index (χ2n) is 5.21. The van der Waals surface area contributed by atoms with Crippen molar-refractivity contribution in [3.05, 3.63) is 51.2 Å². The minimum Gasteiger partial charge on any atom is -0.463 e. The summed E-state index contributed by atoms with van der Waals surface area (Å²) in [4.78, 5) is 34.6. The standard InChI is InChI=1S/C15H16ClN3O6/c1-8-12(14(20)25-6-5-24-2)13(18-15(21)17-8)9-3-4-10(16)11(7-9)19(22)23/h3-4,7,12-13H,1,5-6H2,2H3,(H2,17,18,21)/t12-,13+/m1/s1. The van der Waals surface area contributed by atoms with Crippen molar-refractivity contribution in [2.45, 2.75) is 6.04 Å². The van der Waals surface area contributed by atoms with Gasteiger partial charge >= 0.3 is 12.0 Å². The van der Waals surface area contributed by atoms with Crippen LogP contribution in [0.15, 0.2) is 30.5 Å². The Morgan fingerprint density at radius 2 is 2.16 bits per heavy atom. The van der Waals surface area contributed by atoms with E-state index in [0.717, 1.165) is 0 Å². The molecule has 0 aromatic heterocycles. The second kappa shape index (κ2) is 7.95. The molecule has 25 heavy (non-hydrogen) atoms. The highest BCUT2D eigenvalue weighted by atomic mass is 35.5. The summed E-state index contributed by atoms with van der Waals surface area (Å²) in [5.41, 5.74) is 0.138. The topological polar surface area (TPSA) is 120 Å². The molecule has 2 rings (SSSR count). The van der Waals surface area contributed by atoms with Gasteiger partial charge in [-0.15, -0.1) is 0 Å². The van der Waals surface area contributed by atoms with E-state index in [0.29, 0.717) is 5.56 Å². The predicted molar refractivity (Wildman–Crippen MR) is 88.0 cm³/mol. The maximum atomic E-state index is 12.4. The van der Waals surface area contributed by atoms with Gasteiger partial charge in [-0.25, -0.2) is 4.79 Å². The minimum absolute atomic E-state index is 0.0283. The van der Waals surface area contributed by atoms with Crippen LogP contribution in [-0.4, -0.2) is 37.2 Å². The number of nitrogens with one attached hydrogen (secondary N) is 2. The smallest absolute Gasteiger partial charge is 0.319 e. The highest BCUT2D eigenvalue weighted by Crippen LogP contribution is 2.34. The first-order valence-corrected chi connectivity index (χ1v) is 7.58. The van der Waals surface area contributed by atoms with Gasteiger partial charge in [-0.1, -0.05) is 24.2 Å². The van der Waals surface area contributed by atoms with Crippen LogP contribution in [0.4, 0.5) is 10.5 Å². The van der Waals surface area contributed by atoms with Crippen molar-refractivity contribution in [1.29, 1.82) is 0 Å². The Labute approximate surface area is 148 Å². The van der Waals surface area contributed by atoms with E-state index in [4.69, 9.17) is 21.1 Å². The molecule has 2 N–H and O–H groups in total. The van der Waals surface area contributed by atoms with E-state index < -0.39 is 28.9 Å². The minimum atomic E-state index is -0.963. The van der Waals surface area contributed by atoms with Crippen LogP contribution in [0.25, 0.3) is 0 Å². The lowest BCUT2D eigenvalue weighted by molar-refractivity contribution is -0.384. The largest absolute Gasteiger partial charge is 0.463 e. The van der Waals surface area contributed by atoms with Gasteiger partial charge in [-0.05, 0) is 11.6 Å². The van der Waals surface area contributed by atoms with E-state index in [1.807, 2.05) is 0 Å². The number of rotatable bonds is 6. The number of nitro benzene ring substituents is 1. The quantitative estimate of drug-likeness (QED) is 0.342.